The van der Waals surface area contributed by atoms with Crippen LogP contribution >= 0.6 is 0 Å². The highest BCUT2D eigenvalue weighted by Crippen LogP contribution is 2.63. The first-order valence-corrected chi connectivity index (χ1v) is 12.7. The van der Waals surface area contributed by atoms with Gasteiger partial charge in [0.15, 0.2) is 0 Å². The van der Waals surface area contributed by atoms with Crippen LogP contribution in [0.4, 0.5) is 0 Å². The van der Waals surface area contributed by atoms with Gasteiger partial charge in [-0.25, -0.2) is 0 Å². The second-order valence-electron chi connectivity index (χ2n) is 10.1. The van der Waals surface area contributed by atoms with Gasteiger partial charge in [0.1, 0.15) is 24.2 Å². The Morgan fingerprint density at radius 3 is 2.64 bits per heavy atom. The van der Waals surface area contributed by atoms with Crippen molar-refractivity contribution in [3.8, 4) is 0 Å². The Bertz CT molecular complexity index is 1010. The molecule has 8 heteroatoms. The maximum atomic E-state index is 14.2. The number of hydrogen-bond donors (Lipinski definition) is 1. The summed E-state index contributed by atoms with van der Waals surface area (Å²) in [4.78, 5) is 44.6. The number of rotatable bonds is 12. The highest BCUT2D eigenvalue weighted by atomic mass is 16.6. The van der Waals surface area contributed by atoms with Gasteiger partial charge in [-0.2, -0.15) is 0 Å². The molecule has 5 atom stereocenters. The van der Waals surface area contributed by atoms with E-state index in [0.29, 0.717) is 45.3 Å². The fraction of sp³-hybridized carbons (Fsp3) is 0.536. The molecule has 8 nitrogen and oxygen atoms in total. The van der Waals surface area contributed by atoms with Crippen LogP contribution in [0, 0.1) is 11.8 Å². The number of aliphatic hydroxyl groups excluding tert-OH is 1. The Balaban J connectivity index is 1.71. The van der Waals surface area contributed by atoms with Crippen LogP contribution in [-0.2, 0) is 30.4 Å². The lowest BCUT2D eigenvalue weighted by molar-refractivity contribution is -0.159. The molecule has 4 rings (SSSR count). The van der Waals surface area contributed by atoms with E-state index in [-0.39, 0.29) is 25.0 Å². The van der Waals surface area contributed by atoms with E-state index >= 15 is 0 Å². The fourth-order valence-electron chi connectivity index (χ4n) is 6.29. The van der Waals surface area contributed by atoms with Crippen molar-refractivity contribution in [2.75, 3.05) is 26.3 Å². The maximum Gasteiger partial charge on any atom is 0.313 e. The molecule has 3 saturated heterocycles. The molecule has 1 N–H and O–H groups in total. The Morgan fingerprint density at radius 2 is 1.97 bits per heavy atom. The number of ether oxygens (including phenoxy) is 2. The lowest BCUT2D eigenvalue weighted by Gasteiger charge is -2.37. The largest absolute Gasteiger partial charge is 0.461 e. The minimum atomic E-state index is -1.10. The van der Waals surface area contributed by atoms with Crippen LogP contribution in [0.1, 0.15) is 38.2 Å². The minimum absolute atomic E-state index is 0.00309. The summed E-state index contributed by atoms with van der Waals surface area (Å²) in [6.07, 6.45) is 5.27. The zero-order chi connectivity index (χ0) is 25.9. The van der Waals surface area contributed by atoms with Crippen LogP contribution in [0.25, 0.3) is 0 Å². The molecular weight excluding hydrogens is 460 g/mol. The number of amides is 2. The van der Waals surface area contributed by atoms with Gasteiger partial charge in [-0.15, -0.1) is 6.58 Å². The molecule has 3 fully saturated rings. The number of carbonyl (C=O) groups excluding carboxylic acids is 3. The van der Waals surface area contributed by atoms with E-state index < -0.39 is 35.0 Å². The van der Waals surface area contributed by atoms with Crippen molar-refractivity contribution in [1.82, 2.24) is 9.80 Å². The number of esters is 1. The number of unbranched alkanes of at least 4 members (excludes halogenated alkanes) is 1. The second-order valence-corrected chi connectivity index (χ2v) is 10.1. The summed E-state index contributed by atoms with van der Waals surface area (Å²) in [7, 11) is 0. The lowest BCUT2D eigenvalue weighted by atomic mass is 9.66. The van der Waals surface area contributed by atoms with Crippen LogP contribution in [0.15, 0.2) is 55.6 Å². The standard InChI is InChI=1S/C28H36N2O6/c1-4-15-29(19-20-11-7-6-8-12-20)25(33)23-28-14-13-27(3,36-28)22(26(34)35-18-5-2)21(28)24(32)30(23)16-9-10-17-31/h4-8,11-12,21-23,31H,1-2,9-10,13-19H2,3H3/t21-,22+,23?,27-,28?/m0/s1. The molecule has 2 bridgehead atoms. The summed E-state index contributed by atoms with van der Waals surface area (Å²) >= 11 is 0. The molecule has 0 aromatic heterocycles. The summed E-state index contributed by atoms with van der Waals surface area (Å²) < 4.78 is 12.0. The number of benzene rings is 1. The van der Waals surface area contributed by atoms with Gasteiger partial charge in [0.2, 0.25) is 11.8 Å². The summed E-state index contributed by atoms with van der Waals surface area (Å²) in [5.74, 6) is -2.55. The molecule has 3 aliphatic rings. The second kappa shape index (κ2) is 10.6. The molecule has 194 valence electrons. The Morgan fingerprint density at radius 1 is 1.22 bits per heavy atom. The molecule has 0 radical (unpaired) electrons. The Hall–Kier alpha value is -2.97. The Labute approximate surface area is 212 Å². The summed E-state index contributed by atoms with van der Waals surface area (Å²) in [6.45, 7) is 10.3. The number of aliphatic hydroxyl groups is 1. The SMILES string of the molecule is C=CCOC(=O)[C@H]1[C@H]2C(=O)N(CCCCO)C(C(=O)N(CC=C)Cc3ccccc3)C23CC[C@]1(C)O3. The normalized spacial score (nSPS) is 30.2. The molecule has 1 spiro atoms. The van der Waals surface area contributed by atoms with Crippen LogP contribution < -0.4 is 0 Å². The van der Waals surface area contributed by atoms with Crippen molar-refractivity contribution in [3.63, 3.8) is 0 Å². The number of fused-ring (bicyclic) bond motifs is 1. The van der Waals surface area contributed by atoms with Crippen LogP contribution in [0.3, 0.4) is 0 Å². The van der Waals surface area contributed by atoms with Crippen molar-refractivity contribution < 1.29 is 29.0 Å². The first-order valence-electron chi connectivity index (χ1n) is 12.7. The molecule has 0 aliphatic carbocycles. The average Bonchev–Trinajstić information content (AvgIpc) is 3.43. The highest BCUT2D eigenvalue weighted by Gasteiger charge is 2.78. The molecule has 0 saturated carbocycles. The van der Waals surface area contributed by atoms with Crippen molar-refractivity contribution >= 4 is 17.8 Å². The van der Waals surface area contributed by atoms with Crippen LogP contribution in [0.2, 0.25) is 0 Å². The molecule has 3 heterocycles. The van der Waals surface area contributed by atoms with Crippen molar-refractivity contribution in [2.45, 2.75) is 56.4 Å². The van der Waals surface area contributed by atoms with E-state index in [2.05, 4.69) is 13.2 Å². The number of likely N-dealkylation sites (tertiary alicyclic amines) is 1. The molecular formula is C28H36N2O6. The fourth-order valence-corrected chi connectivity index (χ4v) is 6.29. The summed E-state index contributed by atoms with van der Waals surface area (Å²) in [5, 5.41) is 9.32. The smallest absolute Gasteiger partial charge is 0.313 e. The minimum Gasteiger partial charge on any atom is -0.461 e. The molecule has 2 amide bonds. The van der Waals surface area contributed by atoms with E-state index in [0.717, 1.165) is 5.56 Å². The maximum absolute atomic E-state index is 14.2. The third-order valence-corrected chi connectivity index (χ3v) is 7.79. The van der Waals surface area contributed by atoms with E-state index in [1.807, 2.05) is 37.3 Å². The van der Waals surface area contributed by atoms with Crippen LogP contribution in [-0.4, -0.2) is 76.2 Å². The number of hydrogen-bond acceptors (Lipinski definition) is 6. The van der Waals surface area contributed by atoms with Crippen LogP contribution in [0.5, 0.6) is 0 Å². The first kappa shape index (κ1) is 26.1. The third kappa shape index (κ3) is 4.37. The predicted molar refractivity (Wildman–Crippen MR) is 133 cm³/mol. The van der Waals surface area contributed by atoms with Gasteiger partial charge >= 0.3 is 5.97 Å². The molecule has 2 unspecified atom stereocenters. The zero-order valence-corrected chi connectivity index (χ0v) is 20.9. The first-order chi connectivity index (χ1) is 17.3. The van der Waals surface area contributed by atoms with E-state index in [9.17, 15) is 19.5 Å². The van der Waals surface area contributed by atoms with Crippen molar-refractivity contribution in [3.05, 3.63) is 61.2 Å². The van der Waals surface area contributed by atoms with Gasteiger partial charge in [-0.1, -0.05) is 49.1 Å². The lowest BCUT2D eigenvalue weighted by Crippen LogP contribution is -2.56. The predicted octanol–water partition coefficient (Wildman–Crippen LogP) is 2.47. The molecule has 36 heavy (non-hydrogen) atoms. The highest BCUT2D eigenvalue weighted by molar-refractivity contribution is 5.98. The van der Waals surface area contributed by atoms with E-state index in [1.54, 1.807) is 15.9 Å². The van der Waals surface area contributed by atoms with E-state index in [1.165, 1.54) is 6.08 Å². The van der Waals surface area contributed by atoms with Crippen molar-refractivity contribution in [2.24, 2.45) is 11.8 Å². The molecule has 1 aromatic carbocycles. The van der Waals surface area contributed by atoms with Gasteiger partial charge in [0.25, 0.3) is 0 Å². The van der Waals surface area contributed by atoms with Gasteiger partial charge in [0.05, 0.1) is 11.5 Å². The topological polar surface area (TPSA) is 96.4 Å². The summed E-state index contributed by atoms with van der Waals surface area (Å²) in [5.41, 5.74) is -1.01. The summed E-state index contributed by atoms with van der Waals surface area (Å²) in [6, 6.07) is 8.80. The van der Waals surface area contributed by atoms with Gasteiger partial charge in [0, 0.05) is 26.2 Å². The van der Waals surface area contributed by atoms with Crippen molar-refractivity contribution in [1.29, 1.82) is 0 Å². The van der Waals surface area contributed by atoms with E-state index in [4.69, 9.17) is 9.47 Å². The molecule has 1 aromatic rings. The Kier molecular flexibility index (Phi) is 7.66. The monoisotopic (exact) mass is 496 g/mol. The number of carbonyl (C=O) groups is 3. The van der Waals surface area contributed by atoms with Gasteiger partial charge in [-0.05, 0) is 38.2 Å². The quantitative estimate of drug-likeness (QED) is 0.271. The van der Waals surface area contributed by atoms with Gasteiger partial charge < -0.3 is 24.4 Å². The molecule has 3 aliphatic heterocycles. The average molecular weight is 497 g/mol. The van der Waals surface area contributed by atoms with Gasteiger partial charge in [-0.3, -0.25) is 14.4 Å². The zero-order valence-electron chi connectivity index (χ0n) is 20.9. The number of nitrogens with zero attached hydrogens (tertiary/aromatic N) is 2. The third-order valence-electron chi connectivity index (χ3n) is 7.79.